The zero-order valence-corrected chi connectivity index (χ0v) is 10.3. The zero-order chi connectivity index (χ0) is 14.5. The number of benzene rings is 1. The molecule has 1 heterocycles. The molecule has 2 aromatic rings. The summed E-state index contributed by atoms with van der Waals surface area (Å²) in [5.41, 5.74) is -0.0422. The van der Waals surface area contributed by atoms with E-state index in [-0.39, 0.29) is 0 Å². The number of carbonyl (C=O) groups excluding carboxylic acids is 1. The first-order valence-corrected chi connectivity index (χ1v) is 5.78. The summed E-state index contributed by atoms with van der Waals surface area (Å²) >= 11 is 0. The highest BCUT2D eigenvalue weighted by Crippen LogP contribution is 2.14. The molecule has 1 amide bonds. The Morgan fingerprint density at radius 3 is 2.45 bits per heavy atom. The predicted octanol–water partition coefficient (Wildman–Crippen LogP) is 1.78. The monoisotopic (exact) mass is 274 g/mol. The molecule has 0 bridgehead atoms. The van der Waals surface area contributed by atoms with Gasteiger partial charge in [-0.05, 0) is 17.7 Å². The van der Waals surface area contributed by atoms with Crippen LogP contribution in [0.25, 0.3) is 0 Å². The van der Waals surface area contributed by atoms with Crippen LogP contribution in [0, 0.1) is 5.82 Å². The lowest BCUT2D eigenvalue weighted by atomic mass is 10.1. The first-order valence-electron chi connectivity index (χ1n) is 5.78. The van der Waals surface area contributed by atoms with Crippen LogP contribution in [-0.4, -0.2) is 22.0 Å². The van der Waals surface area contributed by atoms with Crippen LogP contribution in [-0.2, 0) is 4.79 Å². The number of amides is 1. The smallest absolute Gasteiger partial charge is 0.330 e. The molecule has 1 atom stereocenters. The molecule has 0 aliphatic carbocycles. The van der Waals surface area contributed by atoms with Crippen molar-refractivity contribution >= 4 is 11.9 Å². The van der Waals surface area contributed by atoms with E-state index < -0.39 is 29.4 Å². The van der Waals surface area contributed by atoms with Crippen molar-refractivity contribution < 1.29 is 19.1 Å². The van der Waals surface area contributed by atoms with Crippen LogP contribution in [0.4, 0.5) is 4.39 Å². The summed E-state index contributed by atoms with van der Waals surface area (Å²) < 4.78 is 13.4. The Hall–Kier alpha value is -2.76. The molecule has 6 heteroatoms. The number of hydrogen-bond donors (Lipinski definition) is 2. The van der Waals surface area contributed by atoms with Gasteiger partial charge in [0.1, 0.15) is 0 Å². The lowest BCUT2D eigenvalue weighted by Gasteiger charge is -2.14. The van der Waals surface area contributed by atoms with Crippen molar-refractivity contribution in [2.75, 3.05) is 0 Å². The zero-order valence-electron chi connectivity index (χ0n) is 10.3. The van der Waals surface area contributed by atoms with E-state index in [2.05, 4.69) is 10.3 Å². The minimum Gasteiger partial charge on any atom is -0.479 e. The van der Waals surface area contributed by atoms with Gasteiger partial charge in [-0.3, -0.25) is 4.79 Å². The van der Waals surface area contributed by atoms with Crippen molar-refractivity contribution in [3.05, 3.63) is 65.7 Å². The SMILES string of the molecule is O=C(NC(C(=O)O)c1ccccc1)c1ncccc1F. The molecule has 0 aliphatic heterocycles. The molecule has 1 unspecified atom stereocenters. The molecule has 1 aromatic heterocycles. The van der Waals surface area contributed by atoms with Gasteiger partial charge in [0.05, 0.1) is 0 Å². The number of hydrogen-bond acceptors (Lipinski definition) is 3. The number of aliphatic carboxylic acids is 1. The first kappa shape index (κ1) is 13.7. The molecule has 5 nitrogen and oxygen atoms in total. The summed E-state index contributed by atoms with van der Waals surface area (Å²) in [7, 11) is 0. The molecular formula is C14H11FN2O3. The fraction of sp³-hybridized carbons (Fsp3) is 0.0714. The van der Waals surface area contributed by atoms with Crippen LogP contribution in [0.3, 0.4) is 0 Å². The van der Waals surface area contributed by atoms with Gasteiger partial charge in [-0.25, -0.2) is 14.2 Å². The van der Waals surface area contributed by atoms with Gasteiger partial charge in [-0.15, -0.1) is 0 Å². The van der Waals surface area contributed by atoms with E-state index in [0.717, 1.165) is 6.07 Å². The highest BCUT2D eigenvalue weighted by molar-refractivity contribution is 5.95. The minimum absolute atomic E-state index is 0.393. The van der Waals surface area contributed by atoms with E-state index in [9.17, 15) is 14.0 Å². The van der Waals surface area contributed by atoms with Gasteiger partial charge in [-0.1, -0.05) is 30.3 Å². The number of aromatic nitrogens is 1. The van der Waals surface area contributed by atoms with Crippen LogP contribution in [0.15, 0.2) is 48.7 Å². The van der Waals surface area contributed by atoms with Crippen molar-refractivity contribution in [3.63, 3.8) is 0 Å². The highest BCUT2D eigenvalue weighted by atomic mass is 19.1. The Labute approximate surface area is 114 Å². The standard InChI is InChI=1S/C14H11FN2O3/c15-10-7-4-8-16-12(10)13(18)17-11(14(19)20)9-5-2-1-3-6-9/h1-8,11H,(H,17,18)(H,19,20). The second-order valence-electron chi connectivity index (χ2n) is 3.99. The molecule has 2 rings (SSSR count). The maximum atomic E-state index is 13.4. The number of carboxylic acid groups (broad SMARTS) is 1. The number of pyridine rings is 1. The Balaban J connectivity index is 2.24. The summed E-state index contributed by atoms with van der Waals surface area (Å²) in [6.45, 7) is 0. The highest BCUT2D eigenvalue weighted by Gasteiger charge is 2.24. The van der Waals surface area contributed by atoms with Crippen molar-refractivity contribution in [2.45, 2.75) is 6.04 Å². The molecule has 0 saturated heterocycles. The van der Waals surface area contributed by atoms with Crippen LogP contribution in [0.2, 0.25) is 0 Å². The third kappa shape index (κ3) is 2.97. The minimum atomic E-state index is -1.26. The van der Waals surface area contributed by atoms with E-state index in [1.807, 2.05) is 0 Å². The van der Waals surface area contributed by atoms with E-state index >= 15 is 0 Å². The maximum Gasteiger partial charge on any atom is 0.330 e. The molecule has 20 heavy (non-hydrogen) atoms. The number of carbonyl (C=O) groups is 2. The quantitative estimate of drug-likeness (QED) is 0.890. The molecule has 0 saturated carbocycles. The Morgan fingerprint density at radius 1 is 1.15 bits per heavy atom. The summed E-state index contributed by atoms with van der Waals surface area (Å²) in [6, 6.07) is 9.32. The topological polar surface area (TPSA) is 79.3 Å². The normalized spacial score (nSPS) is 11.7. The second kappa shape index (κ2) is 5.92. The van der Waals surface area contributed by atoms with Gasteiger partial charge in [0.2, 0.25) is 0 Å². The van der Waals surface area contributed by atoms with E-state index in [1.54, 1.807) is 30.3 Å². The Kier molecular flexibility index (Phi) is 4.05. The predicted molar refractivity (Wildman–Crippen MR) is 68.5 cm³/mol. The third-order valence-electron chi connectivity index (χ3n) is 2.63. The fourth-order valence-electron chi connectivity index (χ4n) is 1.69. The number of nitrogens with zero attached hydrogens (tertiary/aromatic N) is 1. The Morgan fingerprint density at radius 2 is 1.85 bits per heavy atom. The van der Waals surface area contributed by atoms with Crippen LogP contribution in [0.1, 0.15) is 22.1 Å². The number of carboxylic acids is 1. The van der Waals surface area contributed by atoms with Crippen LogP contribution < -0.4 is 5.32 Å². The molecule has 2 N–H and O–H groups in total. The first-order chi connectivity index (χ1) is 9.59. The van der Waals surface area contributed by atoms with Crippen molar-refractivity contribution in [1.29, 1.82) is 0 Å². The largest absolute Gasteiger partial charge is 0.479 e. The van der Waals surface area contributed by atoms with Crippen LogP contribution in [0.5, 0.6) is 0 Å². The van der Waals surface area contributed by atoms with Gasteiger partial charge < -0.3 is 10.4 Å². The van der Waals surface area contributed by atoms with Crippen molar-refractivity contribution in [2.24, 2.45) is 0 Å². The van der Waals surface area contributed by atoms with E-state index in [0.29, 0.717) is 5.56 Å². The summed E-state index contributed by atoms with van der Waals surface area (Å²) in [5.74, 6) is -2.91. The molecular weight excluding hydrogens is 263 g/mol. The third-order valence-corrected chi connectivity index (χ3v) is 2.63. The lowest BCUT2D eigenvalue weighted by Crippen LogP contribution is -2.34. The molecule has 1 aromatic carbocycles. The maximum absolute atomic E-state index is 13.4. The molecule has 0 spiro atoms. The number of nitrogens with one attached hydrogen (secondary N) is 1. The summed E-state index contributed by atoms with van der Waals surface area (Å²) in [6.07, 6.45) is 1.26. The van der Waals surface area contributed by atoms with Gasteiger partial charge in [0.15, 0.2) is 17.6 Å². The van der Waals surface area contributed by atoms with Gasteiger partial charge in [-0.2, -0.15) is 0 Å². The average molecular weight is 274 g/mol. The van der Waals surface area contributed by atoms with Crippen LogP contribution >= 0.6 is 0 Å². The second-order valence-corrected chi connectivity index (χ2v) is 3.99. The van der Waals surface area contributed by atoms with Gasteiger partial charge >= 0.3 is 5.97 Å². The van der Waals surface area contributed by atoms with Crippen molar-refractivity contribution in [1.82, 2.24) is 10.3 Å². The summed E-state index contributed by atoms with van der Waals surface area (Å²) in [5, 5.41) is 11.4. The van der Waals surface area contributed by atoms with Gasteiger partial charge in [0.25, 0.3) is 5.91 Å². The molecule has 102 valence electrons. The molecule has 0 radical (unpaired) electrons. The van der Waals surface area contributed by atoms with E-state index in [4.69, 9.17) is 5.11 Å². The average Bonchev–Trinajstić information content (AvgIpc) is 2.45. The number of rotatable bonds is 4. The van der Waals surface area contributed by atoms with Crippen molar-refractivity contribution in [3.8, 4) is 0 Å². The summed E-state index contributed by atoms with van der Waals surface area (Å²) in [4.78, 5) is 26.7. The van der Waals surface area contributed by atoms with Gasteiger partial charge in [0, 0.05) is 6.20 Å². The van der Waals surface area contributed by atoms with E-state index in [1.165, 1.54) is 12.3 Å². The molecule has 0 aliphatic rings. The lowest BCUT2D eigenvalue weighted by molar-refractivity contribution is -0.139. The Bertz CT molecular complexity index is 631. The molecule has 0 fully saturated rings. The fourth-order valence-corrected chi connectivity index (χ4v) is 1.69. The number of halogens is 1.